The molecule has 1 aliphatic rings. The Morgan fingerprint density at radius 3 is 2.33 bits per heavy atom. The predicted molar refractivity (Wildman–Crippen MR) is 48.8 cm³/mol. The highest BCUT2D eigenvalue weighted by molar-refractivity contribution is 5.75. The quantitative estimate of drug-likeness (QED) is 0.439. The molecule has 88 valence electrons. The molecule has 0 saturated carbocycles. The summed E-state index contributed by atoms with van der Waals surface area (Å²) in [5.74, 6) is -1.06. The van der Waals surface area contributed by atoms with Crippen LogP contribution in [0.5, 0.6) is 0 Å². The van der Waals surface area contributed by atoms with E-state index in [4.69, 9.17) is 9.84 Å². The average molecular weight is 220 g/mol. The zero-order valence-electron chi connectivity index (χ0n) is 8.41. The van der Waals surface area contributed by atoms with Crippen molar-refractivity contribution in [3.8, 4) is 0 Å². The minimum absolute atomic E-state index is 0.0719. The molecule has 6 nitrogen and oxygen atoms in total. The smallest absolute Gasteiger partial charge is 0.160 e. The number of Topliss-reactive ketones (excluding diaryl/α,β-unsaturated/α-hetero) is 1. The summed E-state index contributed by atoms with van der Waals surface area (Å²) in [5.41, 5.74) is 0. The standard InChI is InChI=1S/C9H16O6/c1-4(11)2-5-7(12)8(13)6(3-10)15-9(5)14/h5-10,12-14H,2-3H2,1H3/t5?,6?,7?,8-,9?/m0/s1. The molecular formula is C9H16O6. The number of hydrogen-bond acceptors (Lipinski definition) is 6. The molecule has 1 rings (SSSR count). The van der Waals surface area contributed by atoms with Crippen molar-refractivity contribution in [1.82, 2.24) is 0 Å². The molecule has 0 aromatic carbocycles. The number of carbonyl (C=O) groups is 1. The Morgan fingerprint density at radius 1 is 1.27 bits per heavy atom. The van der Waals surface area contributed by atoms with Gasteiger partial charge in [0.05, 0.1) is 12.7 Å². The van der Waals surface area contributed by atoms with Crippen LogP contribution in [0.25, 0.3) is 0 Å². The fraction of sp³-hybridized carbons (Fsp3) is 0.889. The van der Waals surface area contributed by atoms with Gasteiger partial charge in [-0.15, -0.1) is 0 Å². The molecule has 15 heavy (non-hydrogen) atoms. The molecule has 5 atom stereocenters. The third-order valence-electron chi connectivity index (χ3n) is 2.55. The molecule has 1 aliphatic heterocycles. The van der Waals surface area contributed by atoms with Gasteiger partial charge >= 0.3 is 0 Å². The summed E-state index contributed by atoms with van der Waals surface area (Å²) in [5, 5.41) is 37.3. The fourth-order valence-electron chi connectivity index (χ4n) is 1.71. The van der Waals surface area contributed by atoms with E-state index in [0.29, 0.717) is 0 Å². The van der Waals surface area contributed by atoms with E-state index in [2.05, 4.69) is 0 Å². The second-order valence-electron chi connectivity index (χ2n) is 3.80. The first-order valence-corrected chi connectivity index (χ1v) is 4.77. The van der Waals surface area contributed by atoms with Gasteiger partial charge in [-0.2, -0.15) is 0 Å². The summed E-state index contributed by atoms with van der Waals surface area (Å²) in [6, 6.07) is 0. The molecule has 4 N–H and O–H groups in total. The Kier molecular flexibility index (Phi) is 4.18. The van der Waals surface area contributed by atoms with Crippen LogP contribution in [0, 0.1) is 5.92 Å². The minimum atomic E-state index is -1.34. The zero-order valence-corrected chi connectivity index (χ0v) is 8.41. The van der Waals surface area contributed by atoms with Crippen molar-refractivity contribution < 1.29 is 30.0 Å². The largest absolute Gasteiger partial charge is 0.394 e. The number of ketones is 1. The summed E-state index contributed by atoms with van der Waals surface area (Å²) in [6.07, 6.45) is -4.99. The molecule has 0 amide bonds. The normalized spacial score (nSPS) is 41.5. The summed E-state index contributed by atoms with van der Waals surface area (Å²) in [6.45, 7) is 0.825. The highest BCUT2D eigenvalue weighted by atomic mass is 16.6. The van der Waals surface area contributed by atoms with Crippen LogP contribution in [-0.4, -0.2) is 57.4 Å². The number of carbonyl (C=O) groups excluding carboxylic acids is 1. The van der Waals surface area contributed by atoms with E-state index >= 15 is 0 Å². The Balaban J connectivity index is 2.70. The van der Waals surface area contributed by atoms with Crippen LogP contribution in [0.15, 0.2) is 0 Å². The lowest BCUT2D eigenvalue weighted by molar-refractivity contribution is -0.269. The van der Waals surface area contributed by atoms with Crippen molar-refractivity contribution in [1.29, 1.82) is 0 Å². The third kappa shape index (κ3) is 2.73. The first-order chi connectivity index (χ1) is 6.97. The number of aliphatic hydroxyl groups is 4. The van der Waals surface area contributed by atoms with Gasteiger partial charge in [0.25, 0.3) is 0 Å². The van der Waals surface area contributed by atoms with Gasteiger partial charge in [0.15, 0.2) is 6.29 Å². The van der Waals surface area contributed by atoms with E-state index in [-0.39, 0.29) is 12.2 Å². The Bertz CT molecular complexity index is 231. The maximum absolute atomic E-state index is 10.9. The molecule has 0 aromatic rings. The molecule has 0 bridgehead atoms. The van der Waals surface area contributed by atoms with Crippen molar-refractivity contribution in [3.05, 3.63) is 0 Å². The SMILES string of the molecule is CC(=O)CC1C(O)OC(CO)[C@H](O)C1O. The highest BCUT2D eigenvalue weighted by Crippen LogP contribution is 2.27. The topological polar surface area (TPSA) is 107 Å². The average Bonchev–Trinajstić information content (AvgIpc) is 2.18. The second-order valence-corrected chi connectivity index (χ2v) is 3.80. The molecule has 1 saturated heterocycles. The van der Waals surface area contributed by atoms with Gasteiger partial charge < -0.3 is 30.0 Å². The van der Waals surface area contributed by atoms with Crippen molar-refractivity contribution in [3.63, 3.8) is 0 Å². The molecular weight excluding hydrogens is 204 g/mol. The zero-order chi connectivity index (χ0) is 11.6. The van der Waals surface area contributed by atoms with Crippen molar-refractivity contribution in [2.24, 2.45) is 5.92 Å². The first kappa shape index (κ1) is 12.5. The van der Waals surface area contributed by atoms with Gasteiger partial charge in [-0.05, 0) is 6.92 Å². The molecule has 4 unspecified atom stereocenters. The van der Waals surface area contributed by atoms with Crippen LogP contribution in [0.2, 0.25) is 0 Å². The van der Waals surface area contributed by atoms with Crippen LogP contribution in [0.4, 0.5) is 0 Å². The lowest BCUT2D eigenvalue weighted by Gasteiger charge is -2.39. The number of ether oxygens (including phenoxy) is 1. The van der Waals surface area contributed by atoms with Crippen LogP contribution < -0.4 is 0 Å². The summed E-state index contributed by atoms with van der Waals surface area (Å²) in [7, 11) is 0. The molecule has 0 aromatic heterocycles. The van der Waals surface area contributed by atoms with Crippen molar-refractivity contribution in [2.45, 2.75) is 37.9 Å². The van der Waals surface area contributed by atoms with E-state index in [9.17, 15) is 20.1 Å². The molecule has 1 heterocycles. The molecule has 0 radical (unpaired) electrons. The van der Waals surface area contributed by atoms with Crippen LogP contribution in [0.1, 0.15) is 13.3 Å². The van der Waals surface area contributed by atoms with Crippen molar-refractivity contribution >= 4 is 5.78 Å². The first-order valence-electron chi connectivity index (χ1n) is 4.77. The van der Waals surface area contributed by atoms with Gasteiger partial charge in [-0.25, -0.2) is 0 Å². The summed E-state index contributed by atoms with van der Waals surface area (Å²) >= 11 is 0. The highest BCUT2D eigenvalue weighted by Gasteiger charge is 2.43. The van der Waals surface area contributed by atoms with Gasteiger partial charge in [-0.3, -0.25) is 0 Å². The van der Waals surface area contributed by atoms with E-state index < -0.39 is 37.1 Å². The van der Waals surface area contributed by atoms with Crippen molar-refractivity contribution in [2.75, 3.05) is 6.61 Å². The van der Waals surface area contributed by atoms with Crippen LogP contribution in [-0.2, 0) is 9.53 Å². The van der Waals surface area contributed by atoms with E-state index in [1.54, 1.807) is 0 Å². The molecule has 0 aliphatic carbocycles. The maximum Gasteiger partial charge on any atom is 0.160 e. The van der Waals surface area contributed by atoms with Crippen LogP contribution >= 0.6 is 0 Å². The van der Waals surface area contributed by atoms with Gasteiger partial charge in [0, 0.05) is 12.3 Å². The molecule has 0 spiro atoms. The summed E-state index contributed by atoms with van der Waals surface area (Å²) in [4.78, 5) is 10.9. The summed E-state index contributed by atoms with van der Waals surface area (Å²) < 4.78 is 4.87. The maximum atomic E-state index is 10.9. The molecule has 1 fully saturated rings. The minimum Gasteiger partial charge on any atom is -0.394 e. The Hall–Kier alpha value is -0.530. The molecule has 6 heteroatoms. The van der Waals surface area contributed by atoms with Gasteiger partial charge in [0.1, 0.15) is 18.0 Å². The number of hydrogen-bond donors (Lipinski definition) is 4. The fourth-order valence-corrected chi connectivity index (χ4v) is 1.71. The lowest BCUT2D eigenvalue weighted by Crippen LogP contribution is -2.55. The Labute approximate surface area is 87.1 Å². The monoisotopic (exact) mass is 220 g/mol. The number of aliphatic hydroxyl groups excluding tert-OH is 4. The van der Waals surface area contributed by atoms with E-state index in [1.165, 1.54) is 6.92 Å². The Morgan fingerprint density at radius 2 is 1.87 bits per heavy atom. The van der Waals surface area contributed by atoms with E-state index in [0.717, 1.165) is 0 Å². The van der Waals surface area contributed by atoms with Crippen LogP contribution in [0.3, 0.4) is 0 Å². The van der Waals surface area contributed by atoms with Gasteiger partial charge in [0.2, 0.25) is 0 Å². The number of rotatable bonds is 3. The second kappa shape index (κ2) is 5.00. The van der Waals surface area contributed by atoms with Gasteiger partial charge in [-0.1, -0.05) is 0 Å². The predicted octanol–water partition coefficient (Wildman–Crippen LogP) is -1.99. The third-order valence-corrected chi connectivity index (χ3v) is 2.55. The van der Waals surface area contributed by atoms with E-state index in [1.807, 2.05) is 0 Å². The lowest BCUT2D eigenvalue weighted by atomic mass is 9.87.